The second kappa shape index (κ2) is 13.1. The van der Waals surface area contributed by atoms with Crippen molar-refractivity contribution in [3.05, 3.63) is 59.4 Å². The second-order valence-electron chi connectivity index (χ2n) is 8.72. The standard InChI is InChI=1S/C28H37N3O5/c1-5-8-18-36-22-11-10-21(19-23(22)35-4)25-24(26(32)20-12-14-29-15-13-20)27(33)28(34)31(25)17-9-16-30(6-2)7-3/h10-15,19,25,32H,5-9,16-18H2,1-4H3. The number of ether oxygens (including phenoxy) is 2. The Labute approximate surface area is 213 Å². The number of hydrogen-bond acceptors (Lipinski definition) is 7. The fraction of sp³-hybridized carbons (Fsp3) is 0.464. The largest absolute Gasteiger partial charge is 0.507 e. The Morgan fingerprint density at radius 3 is 2.42 bits per heavy atom. The molecular formula is C28H37N3O5. The van der Waals surface area contributed by atoms with Crippen LogP contribution in [0, 0.1) is 0 Å². The third-order valence-electron chi connectivity index (χ3n) is 6.52. The van der Waals surface area contributed by atoms with Crippen LogP contribution in [0.1, 0.15) is 57.2 Å². The number of aliphatic hydroxyl groups is 1. The molecule has 3 rings (SSSR count). The quantitative estimate of drug-likeness (QED) is 0.190. The number of aliphatic hydroxyl groups excluding tert-OH is 1. The maximum atomic E-state index is 13.2. The molecule has 0 saturated carbocycles. The average molecular weight is 496 g/mol. The summed E-state index contributed by atoms with van der Waals surface area (Å²) < 4.78 is 11.4. The topological polar surface area (TPSA) is 92.2 Å². The number of hydrogen-bond donors (Lipinski definition) is 1. The number of ketones is 1. The SMILES string of the molecule is CCCCOc1ccc(C2C(=C(O)c3ccncc3)C(=O)C(=O)N2CCCN(CC)CC)cc1OC. The lowest BCUT2D eigenvalue weighted by atomic mass is 9.95. The van der Waals surface area contributed by atoms with E-state index in [4.69, 9.17) is 9.47 Å². The molecule has 1 atom stereocenters. The van der Waals surface area contributed by atoms with Crippen LogP contribution in [0.5, 0.6) is 11.5 Å². The minimum Gasteiger partial charge on any atom is -0.507 e. The number of methoxy groups -OCH3 is 1. The maximum absolute atomic E-state index is 13.2. The molecule has 8 heteroatoms. The Kier molecular flexibility index (Phi) is 9.87. The van der Waals surface area contributed by atoms with Gasteiger partial charge in [0, 0.05) is 24.5 Å². The van der Waals surface area contributed by atoms with Gasteiger partial charge in [0.25, 0.3) is 11.7 Å². The third-order valence-corrected chi connectivity index (χ3v) is 6.52. The van der Waals surface area contributed by atoms with E-state index in [0.29, 0.717) is 42.2 Å². The normalized spacial score (nSPS) is 17.1. The van der Waals surface area contributed by atoms with Crippen molar-refractivity contribution in [2.45, 2.75) is 46.1 Å². The van der Waals surface area contributed by atoms with Crippen molar-refractivity contribution in [2.24, 2.45) is 0 Å². The third kappa shape index (κ3) is 6.05. The Bertz CT molecular complexity index is 1070. The van der Waals surface area contributed by atoms with Gasteiger partial charge in [-0.15, -0.1) is 0 Å². The first-order valence-electron chi connectivity index (χ1n) is 12.7. The van der Waals surface area contributed by atoms with Crippen LogP contribution in [0.3, 0.4) is 0 Å². The van der Waals surface area contributed by atoms with E-state index >= 15 is 0 Å². The second-order valence-corrected chi connectivity index (χ2v) is 8.72. The van der Waals surface area contributed by atoms with Crippen molar-refractivity contribution in [1.29, 1.82) is 0 Å². The predicted octanol–water partition coefficient (Wildman–Crippen LogP) is 4.42. The van der Waals surface area contributed by atoms with E-state index in [1.165, 1.54) is 12.4 Å². The molecular weight excluding hydrogens is 458 g/mol. The zero-order valence-electron chi connectivity index (χ0n) is 21.7. The number of likely N-dealkylation sites (tertiary alicyclic amines) is 1. The molecule has 0 aliphatic carbocycles. The number of nitrogens with zero attached hydrogens (tertiary/aromatic N) is 3. The van der Waals surface area contributed by atoms with Crippen molar-refractivity contribution >= 4 is 17.4 Å². The predicted molar refractivity (Wildman–Crippen MR) is 139 cm³/mol. The van der Waals surface area contributed by atoms with Gasteiger partial charge in [0.1, 0.15) is 5.76 Å². The summed E-state index contributed by atoms with van der Waals surface area (Å²) in [5.74, 6) is -0.408. The van der Waals surface area contributed by atoms with E-state index in [0.717, 1.165) is 32.5 Å². The Balaban J connectivity index is 2.03. The lowest BCUT2D eigenvalue weighted by molar-refractivity contribution is -0.140. The number of unbranched alkanes of at least 4 members (excludes halogenated alkanes) is 1. The molecule has 1 N–H and O–H groups in total. The highest BCUT2D eigenvalue weighted by molar-refractivity contribution is 6.46. The first-order valence-corrected chi connectivity index (χ1v) is 12.7. The fourth-order valence-electron chi connectivity index (χ4n) is 4.43. The maximum Gasteiger partial charge on any atom is 0.295 e. The minimum absolute atomic E-state index is 0.0655. The number of amides is 1. The Morgan fingerprint density at radius 2 is 1.78 bits per heavy atom. The van der Waals surface area contributed by atoms with E-state index in [1.807, 2.05) is 6.07 Å². The van der Waals surface area contributed by atoms with Crippen LogP contribution in [-0.4, -0.2) is 71.5 Å². The molecule has 1 unspecified atom stereocenters. The summed E-state index contributed by atoms with van der Waals surface area (Å²) >= 11 is 0. The van der Waals surface area contributed by atoms with Crippen molar-refractivity contribution in [3.63, 3.8) is 0 Å². The van der Waals surface area contributed by atoms with Crippen LogP contribution >= 0.6 is 0 Å². The molecule has 2 aromatic rings. The van der Waals surface area contributed by atoms with Gasteiger partial charge in [0.15, 0.2) is 11.5 Å². The number of pyridine rings is 1. The summed E-state index contributed by atoms with van der Waals surface area (Å²) in [6, 6.07) is 7.91. The molecule has 1 fully saturated rings. The van der Waals surface area contributed by atoms with Crippen LogP contribution in [0.2, 0.25) is 0 Å². The molecule has 1 aromatic carbocycles. The summed E-state index contributed by atoms with van der Waals surface area (Å²) in [5.41, 5.74) is 1.17. The molecule has 1 amide bonds. The van der Waals surface area contributed by atoms with Crippen molar-refractivity contribution in [3.8, 4) is 11.5 Å². The van der Waals surface area contributed by atoms with Gasteiger partial charge in [0.2, 0.25) is 0 Å². The molecule has 2 heterocycles. The summed E-state index contributed by atoms with van der Waals surface area (Å²) in [4.78, 5) is 34.2. The molecule has 1 saturated heterocycles. The van der Waals surface area contributed by atoms with Crippen molar-refractivity contribution in [1.82, 2.24) is 14.8 Å². The lowest BCUT2D eigenvalue weighted by Crippen LogP contribution is -2.33. The van der Waals surface area contributed by atoms with Gasteiger partial charge in [0.05, 0.1) is 25.3 Å². The molecule has 0 radical (unpaired) electrons. The highest BCUT2D eigenvalue weighted by Gasteiger charge is 2.46. The van der Waals surface area contributed by atoms with Crippen LogP contribution in [0.25, 0.3) is 5.76 Å². The number of benzene rings is 1. The number of Topliss-reactive ketones (excluding diaryl/α,β-unsaturated/α-hetero) is 1. The van der Waals surface area contributed by atoms with Gasteiger partial charge in [-0.25, -0.2) is 0 Å². The monoisotopic (exact) mass is 495 g/mol. The first kappa shape index (κ1) is 27.2. The highest BCUT2D eigenvalue weighted by atomic mass is 16.5. The van der Waals surface area contributed by atoms with Crippen LogP contribution in [0.4, 0.5) is 0 Å². The average Bonchev–Trinajstić information content (AvgIpc) is 3.16. The Morgan fingerprint density at radius 1 is 1.06 bits per heavy atom. The van der Waals surface area contributed by atoms with Gasteiger partial charge < -0.3 is 24.4 Å². The number of carbonyl (C=O) groups is 2. The smallest absolute Gasteiger partial charge is 0.295 e. The number of carbonyl (C=O) groups excluding carboxylic acids is 2. The lowest BCUT2D eigenvalue weighted by Gasteiger charge is -2.27. The molecule has 1 aliphatic heterocycles. The molecule has 0 spiro atoms. The van der Waals surface area contributed by atoms with Gasteiger partial charge in [-0.3, -0.25) is 14.6 Å². The molecule has 8 nitrogen and oxygen atoms in total. The van der Waals surface area contributed by atoms with E-state index in [1.54, 1.807) is 36.3 Å². The molecule has 1 aliphatic rings. The number of aromatic nitrogens is 1. The minimum atomic E-state index is -0.742. The molecule has 0 bridgehead atoms. The fourth-order valence-corrected chi connectivity index (χ4v) is 4.43. The molecule has 1 aromatic heterocycles. The van der Waals surface area contributed by atoms with Crippen LogP contribution in [0.15, 0.2) is 48.3 Å². The van der Waals surface area contributed by atoms with Crippen molar-refractivity contribution < 1.29 is 24.2 Å². The molecule has 36 heavy (non-hydrogen) atoms. The van der Waals surface area contributed by atoms with Crippen molar-refractivity contribution in [2.75, 3.05) is 39.9 Å². The summed E-state index contributed by atoms with van der Waals surface area (Å²) in [5, 5.41) is 11.2. The first-order chi connectivity index (χ1) is 17.5. The van der Waals surface area contributed by atoms with E-state index in [2.05, 4.69) is 30.7 Å². The van der Waals surface area contributed by atoms with E-state index < -0.39 is 17.7 Å². The van der Waals surface area contributed by atoms with Gasteiger partial charge in [-0.2, -0.15) is 0 Å². The van der Waals surface area contributed by atoms with E-state index in [9.17, 15) is 14.7 Å². The zero-order valence-corrected chi connectivity index (χ0v) is 21.7. The van der Waals surface area contributed by atoms with Crippen LogP contribution < -0.4 is 9.47 Å². The summed E-state index contributed by atoms with van der Waals surface area (Å²) in [7, 11) is 1.56. The summed E-state index contributed by atoms with van der Waals surface area (Å²) in [6.45, 7) is 9.88. The van der Waals surface area contributed by atoms with Gasteiger partial charge >= 0.3 is 0 Å². The zero-order chi connectivity index (χ0) is 26.1. The Hall–Kier alpha value is -3.39. The van der Waals surface area contributed by atoms with Gasteiger partial charge in [-0.1, -0.05) is 33.3 Å². The van der Waals surface area contributed by atoms with Crippen LogP contribution in [-0.2, 0) is 9.59 Å². The van der Waals surface area contributed by atoms with E-state index in [-0.39, 0.29) is 11.3 Å². The number of rotatable bonds is 13. The van der Waals surface area contributed by atoms with Gasteiger partial charge in [-0.05, 0) is 62.3 Å². The summed E-state index contributed by atoms with van der Waals surface area (Å²) in [6.07, 6.45) is 5.71. The highest BCUT2D eigenvalue weighted by Crippen LogP contribution is 2.42. The molecule has 194 valence electrons.